The number of nitrogens with zero attached hydrogens (tertiary/aromatic N) is 2. The summed E-state index contributed by atoms with van der Waals surface area (Å²) in [5, 5.41) is 6.54. The maximum Gasteiger partial charge on any atom is 0.273 e. The van der Waals surface area contributed by atoms with Gasteiger partial charge in [-0.1, -0.05) is 47.9 Å². The summed E-state index contributed by atoms with van der Waals surface area (Å²) in [6.07, 6.45) is 11.1. The fourth-order valence-electron chi connectivity index (χ4n) is 3.44. The van der Waals surface area contributed by atoms with E-state index in [-0.39, 0.29) is 0 Å². The van der Waals surface area contributed by atoms with Gasteiger partial charge in [0.25, 0.3) is 5.19 Å². The molecule has 0 aliphatic carbocycles. The molecule has 6 heteroatoms. The summed E-state index contributed by atoms with van der Waals surface area (Å²) in [4.78, 5) is 9.21. The number of thiazole rings is 1. The highest BCUT2D eigenvalue weighted by atomic mass is 32.1. The minimum atomic E-state index is 0.629. The van der Waals surface area contributed by atoms with Crippen LogP contribution in [0.15, 0.2) is 34.8 Å². The number of oxime groups is 1. The van der Waals surface area contributed by atoms with E-state index in [1.54, 1.807) is 0 Å². The van der Waals surface area contributed by atoms with E-state index >= 15 is 0 Å². The fraction of sp³-hybridized carbons (Fsp3) is 0.520. The molecule has 2 aromatic rings. The molecule has 1 heterocycles. The zero-order valence-corrected chi connectivity index (χ0v) is 20.4. The normalized spacial score (nSPS) is 11.8. The second-order valence-electron chi connectivity index (χ2n) is 7.64. The standard InChI is InChI=1S/C25H36N2O3S/c1-6-7-14-29-22-16-19(2)23(20(3)17-22)13-11-9-8-10-12-15-30-25-26-24(18-31-25)21(4)27-28-5/h6-7,16-18H,8-15H2,1-5H3/b7-6+,27-21?. The van der Waals surface area contributed by atoms with Gasteiger partial charge in [-0.25, -0.2) is 4.98 Å². The maximum atomic E-state index is 5.79. The van der Waals surface area contributed by atoms with E-state index in [9.17, 15) is 0 Å². The number of rotatable bonds is 14. The number of aromatic nitrogens is 1. The molecule has 5 nitrogen and oxygen atoms in total. The van der Waals surface area contributed by atoms with E-state index in [0.717, 1.165) is 30.0 Å². The van der Waals surface area contributed by atoms with Crippen molar-refractivity contribution in [3.05, 3.63) is 52.0 Å². The predicted molar refractivity (Wildman–Crippen MR) is 130 cm³/mol. The number of allylic oxidation sites excluding steroid dienone is 1. The van der Waals surface area contributed by atoms with Gasteiger partial charge in [0.1, 0.15) is 30.9 Å². The Hall–Kier alpha value is -2.34. The van der Waals surface area contributed by atoms with Gasteiger partial charge in [0.15, 0.2) is 0 Å². The molecule has 0 aliphatic rings. The predicted octanol–water partition coefficient (Wildman–Crippen LogP) is 6.66. The topological polar surface area (TPSA) is 52.9 Å². The Morgan fingerprint density at radius 1 is 1.06 bits per heavy atom. The van der Waals surface area contributed by atoms with Crippen molar-refractivity contribution >= 4 is 17.0 Å². The Morgan fingerprint density at radius 3 is 2.48 bits per heavy atom. The van der Waals surface area contributed by atoms with Gasteiger partial charge in [0.05, 0.1) is 6.61 Å². The molecule has 0 spiro atoms. The number of hydrogen-bond acceptors (Lipinski definition) is 6. The summed E-state index contributed by atoms with van der Waals surface area (Å²) < 4.78 is 11.5. The minimum Gasteiger partial charge on any atom is -0.490 e. The molecule has 0 atom stereocenters. The molecule has 0 N–H and O–H groups in total. The Kier molecular flexibility index (Phi) is 11.1. The Balaban J connectivity index is 1.62. The van der Waals surface area contributed by atoms with Gasteiger partial charge in [0.2, 0.25) is 0 Å². The highest BCUT2D eigenvalue weighted by Crippen LogP contribution is 2.24. The molecular weight excluding hydrogens is 408 g/mol. The molecule has 0 saturated carbocycles. The first-order valence-electron chi connectivity index (χ1n) is 11.1. The van der Waals surface area contributed by atoms with Crippen molar-refractivity contribution in [3.63, 3.8) is 0 Å². The average Bonchev–Trinajstić information content (AvgIpc) is 3.21. The molecule has 2 rings (SSSR count). The van der Waals surface area contributed by atoms with E-state index in [2.05, 4.69) is 36.1 Å². The minimum absolute atomic E-state index is 0.629. The monoisotopic (exact) mass is 444 g/mol. The van der Waals surface area contributed by atoms with E-state index < -0.39 is 0 Å². The maximum absolute atomic E-state index is 5.79. The summed E-state index contributed by atoms with van der Waals surface area (Å²) in [6, 6.07) is 4.33. The lowest BCUT2D eigenvalue weighted by Crippen LogP contribution is -2.00. The molecule has 0 saturated heterocycles. The van der Waals surface area contributed by atoms with Crippen molar-refractivity contribution in [2.24, 2.45) is 5.16 Å². The molecule has 0 bridgehead atoms. The average molecular weight is 445 g/mol. The SMILES string of the molecule is C/C=C/COc1cc(C)c(CCCCCCCOc2nc(C(C)=NOC)cs2)c(C)c1. The van der Waals surface area contributed by atoms with Crippen LogP contribution in [-0.4, -0.2) is 31.0 Å². The summed E-state index contributed by atoms with van der Waals surface area (Å²) in [6.45, 7) is 9.60. The first-order chi connectivity index (χ1) is 15.0. The highest BCUT2D eigenvalue weighted by Gasteiger charge is 2.07. The van der Waals surface area contributed by atoms with Gasteiger partial charge < -0.3 is 14.3 Å². The molecule has 0 amide bonds. The van der Waals surface area contributed by atoms with Gasteiger partial charge in [0, 0.05) is 5.38 Å². The third-order valence-corrected chi connectivity index (χ3v) is 5.88. The van der Waals surface area contributed by atoms with Crippen molar-refractivity contribution in [2.75, 3.05) is 20.3 Å². The second-order valence-corrected chi connectivity index (χ2v) is 8.46. The molecule has 0 unspecified atom stereocenters. The molecule has 31 heavy (non-hydrogen) atoms. The smallest absolute Gasteiger partial charge is 0.273 e. The lowest BCUT2D eigenvalue weighted by molar-refractivity contribution is 0.213. The van der Waals surface area contributed by atoms with Crippen molar-refractivity contribution in [1.29, 1.82) is 0 Å². The van der Waals surface area contributed by atoms with Crippen LogP contribution >= 0.6 is 11.3 Å². The van der Waals surface area contributed by atoms with Crippen LogP contribution in [0.5, 0.6) is 10.9 Å². The lowest BCUT2D eigenvalue weighted by atomic mass is 9.96. The van der Waals surface area contributed by atoms with Crippen LogP contribution in [0.3, 0.4) is 0 Å². The van der Waals surface area contributed by atoms with Crippen LogP contribution in [0.1, 0.15) is 68.3 Å². The largest absolute Gasteiger partial charge is 0.490 e. The van der Waals surface area contributed by atoms with Crippen molar-refractivity contribution < 1.29 is 14.3 Å². The van der Waals surface area contributed by atoms with Crippen LogP contribution in [0, 0.1) is 13.8 Å². The van der Waals surface area contributed by atoms with Crippen molar-refractivity contribution in [1.82, 2.24) is 4.98 Å². The molecule has 1 aromatic carbocycles. The Labute approximate surface area is 191 Å². The van der Waals surface area contributed by atoms with Crippen LogP contribution in [0.4, 0.5) is 0 Å². The summed E-state index contributed by atoms with van der Waals surface area (Å²) >= 11 is 1.50. The number of benzene rings is 1. The van der Waals surface area contributed by atoms with E-state index in [1.165, 1.54) is 60.8 Å². The molecule has 1 aromatic heterocycles. The van der Waals surface area contributed by atoms with Gasteiger partial charge in [-0.15, -0.1) is 0 Å². The first-order valence-corrected chi connectivity index (χ1v) is 11.9. The molecule has 170 valence electrons. The van der Waals surface area contributed by atoms with Gasteiger partial charge in [-0.2, -0.15) is 0 Å². The number of aryl methyl sites for hydroxylation is 2. The number of unbranched alkanes of at least 4 members (excludes halogenated alkanes) is 4. The van der Waals surface area contributed by atoms with Gasteiger partial charge in [-0.05, 0) is 75.8 Å². The van der Waals surface area contributed by atoms with Crippen LogP contribution in [0.2, 0.25) is 0 Å². The van der Waals surface area contributed by atoms with Crippen LogP contribution in [0.25, 0.3) is 0 Å². The quantitative estimate of drug-likeness (QED) is 0.141. The van der Waals surface area contributed by atoms with Gasteiger partial charge in [-0.3, -0.25) is 0 Å². The van der Waals surface area contributed by atoms with E-state index in [1.807, 2.05) is 31.4 Å². The molecule has 0 radical (unpaired) electrons. The van der Waals surface area contributed by atoms with Crippen LogP contribution in [-0.2, 0) is 11.3 Å². The fourth-order valence-corrected chi connectivity index (χ4v) is 4.18. The Morgan fingerprint density at radius 2 is 1.77 bits per heavy atom. The van der Waals surface area contributed by atoms with E-state index in [0.29, 0.717) is 18.4 Å². The summed E-state index contributed by atoms with van der Waals surface area (Å²) in [5.74, 6) is 0.963. The van der Waals surface area contributed by atoms with Crippen LogP contribution < -0.4 is 9.47 Å². The summed E-state index contributed by atoms with van der Waals surface area (Å²) in [7, 11) is 1.54. The third-order valence-electron chi connectivity index (χ3n) is 5.13. The Bertz CT molecular complexity index is 835. The van der Waals surface area contributed by atoms with Crippen molar-refractivity contribution in [3.8, 4) is 10.9 Å². The molecular formula is C25H36N2O3S. The molecule has 0 aliphatic heterocycles. The number of hydrogen-bond donors (Lipinski definition) is 0. The lowest BCUT2D eigenvalue weighted by Gasteiger charge is -2.13. The summed E-state index contributed by atoms with van der Waals surface area (Å²) in [5.41, 5.74) is 5.70. The second kappa shape index (κ2) is 13.9. The third kappa shape index (κ3) is 8.74. The zero-order valence-electron chi connectivity index (χ0n) is 19.6. The van der Waals surface area contributed by atoms with E-state index in [4.69, 9.17) is 14.3 Å². The highest BCUT2D eigenvalue weighted by molar-refractivity contribution is 7.11. The first kappa shape index (κ1) is 24.9. The van der Waals surface area contributed by atoms with Gasteiger partial charge >= 0.3 is 0 Å². The zero-order chi connectivity index (χ0) is 22.5. The number of ether oxygens (including phenoxy) is 2. The van der Waals surface area contributed by atoms with Crippen molar-refractivity contribution in [2.45, 2.75) is 66.2 Å². The molecule has 0 fully saturated rings.